The second kappa shape index (κ2) is 17.6. The molecule has 0 amide bonds. The summed E-state index contributed by atoms with van der Waals surface area (Å²) < 4.78 is 0. The number of hydrogen-bond acceptors (Lipinski definition) is 0. The summed E-state index contributed by atoms with van der Waals surface area (Å²) in [6.45, 7) is 0. The van der Waals surface area contributed by atoms with E-state index in [1.54, 1.807) is 0 Å². The van der Waals surface area contributed by atoms with Gasteiger partial charge in [-0.25, -0.2) is 0 Å². The van der Waals surface area contributed by atoms with Crippen LogP contribution in [0.25, 0.3) is 0 Å². The summed E-state index contributed by atoms with van der Waals surface area (Å²) in [6.07, 6.45) is 0. The normalized spacial score (nSPS) is 0. The van der Waals surface area contributed by atoms with E-state index in [-0.39, 0.29) is 79.5 Å². The average molecular weight is 487 g/mol. The van der Waals surface area contributed by atoms with Crippen molar-refractivity contribution >= 4 is 0 Å². The molecule has 4 heavy (non-hydrogen) atoms. The first-order valence-electron chi connectivity index (χ1n) is 0. The quantitative estimate of drug-likeness (QED) is 0.423. The van der Waals surface area contributed by atoms with E-state index in [4.69, 9.17) is 0 Å². The van der Waals surface area contributed by atoms with Gasteiger partial charge in [-0.3, -0.25) is 0 Å². The van der Waals surface area contributed by atoms with E-state index in [1.165, 1.54) is 0 Å². The van der Waals surface area contributed by atoms with Gasteiger partial charge in [0.25, 0.3) is 0 Å². The Morgan fingerprint density at radius 2 is 0.500 bits per heavy atom. The molecule has 0 saturated carbocycles. The van der Waals surface area contributed by atoms with Gasteiger partial charge >= 0.3 is 79.5 Å². The van der Waals surface area contributed by atoms with E-state index < -0.39 is 0 Å². The van der Waals surface area contributed by atoms with Crippen molar-refractivity contribution in [2.75, 3.05) is 0 Å². The van der Waals surface area contributed by atoms with Crippen LogP contribution in [0.3, 0.4) is 0 Å². The summed E-state index contributed by atoms with van der Waals surface area (Å²) in [4.78, 5) is 0. The van der Waals surface area contributed by atoms with Crippen molar-refractivity contribution in [2.45, 2.75) is 0 Å². The van der Waals surface area contributed by atoms with Gasteiger partial charge < -0.3 is 0 Å². The minimum Gasteiger partial charge on any atom is 2.00 e. The Morgan fingerprint density at radius 1 is 0.500 bits per heavy atom. The van der Waals surface area contributed by atoms with Crippen molar-refractivity contribution in [3.8, 4) is 0 Å². The third-order valence-electron chi connectivity index (χ3n) is 0. The summed E-state index contributed by atoms with van der Waals surface area (Å²) in [5.74, 6) is 0. The van der Waals surface area contributed by atoms with Gasteiger partial charge in [0, 0.05) is 0 Å². The standard InChI is InChI=1S/3Ru.W/q4*+2. The molecule has 0 aliphatic carbocycles. The molecule has 0 aliphatic heterocycles. The predicted molar refractivity (Wildman–Crippen MR) is 0 cm³/mol. The van der Waals surface area contributed by atoms with Crippen molar-refractivity contribution in [3.05, 3.63) is 0 Å². The van der Waals surface area contributed by atoms with Crippen molar-refractivity contribution < 1.29 is 79.5 Å². The largest absolute Gasteiger partial charge is 2.00 e. The minimum atomic E-state index is 0. The Morgan fingerprint density at radius 3 is 0.500 bits per heavy atom. The Bertz CT molecular complexity index is 3.25. The Hall–Kier alpha value is 2.56. The van der Waals surface area contributed by atoms with Gasteiger partial charge in [-0.2, -0.15) is 0 Å². The molecule has 22 valence electrons. The Balaban J connectivity index is 0. The monoisotopic (exact) mass is 490 g/mol. The van der Waals surface area contributed by atoms with E-state index in [0.717, 1.165) is 0 Å². The van der Waals surface area contributed by atoms with Gasteiger partial charge in [0.1, 0.15) is 0 Å². The van der Waals surface area contributed by atoms with Crippen molar-refractivity contribution in [3.63, 3.8) is 0 Å². The van der Waals surface area contributed by atoms with Gasteiger partial charge in [-0.15, -0.1) is 0 Å². The first-order chi connectivity index (χ1) is 0. The molecule has 0 aromatic rings. The van der Waals surface area contributed by atoms with Crippen LogP contribution < -0.4 is 0 Å². The molecule has 0 fully saturated rings. The van der Waals surface area contributed by atoms with E-state index in [0.29, 0.717) is 0 Å². The van der Waals surface area contributed by atoms with Crippen molar-refractivity contribution in [2.24, 2.45) is 0 Å². The molecule has 0 N–H and O–H groups in total. The molecule has 4 heteroatoms. The first-order valence-corrected chi connectivity index (χ1v) is 0. The fourth-order valence-electron chi connectivity index (χ4n) is 0. The molecule has 0 unspecified atom stereocenters. The smallest absolute Gasteiger partial charge is 2.00 e. The van der Waals surface area contributed by atoms with Gasteiger partial charge in [0.15, 0.2) is 0 Å². The zero-order valence-corrected chi connectivity index (χ0v) is 9.62. The summed E-state index contributed by atoms with van der Waals surface area (Å²) in [5.41, 5.74) is 0. The van der Waals surface area contributed by atoms with E-state index >= 15 is 0 Å². The van der Waals surface area contributed by atoms with Gasteiger partial charge in [0.05, 0.1) is 0 Å². The molecule has 0 spiro atoms. The summed E-state index contributed by atoms with van der Waals surface area (Å²) >= 11 is 0. The van der Waals surface area contributed by atoms with Crippen LogP contribution >= 0.6 is 0 Å². The summed E-state index contributed by atoms with van der Waals surface area (Å²) in [5, 5.41) is 0. The maximum atomic E-state index is 0. The van der Waals surface area contributed by atoms with Gasteiger partial charge in [0.2, 0.25) is 0 Å². The molecule has 0 bridgehead atoms. The summed E-state index contributed by atoms with van der Waals surface area (Å²) in [7, 11) is 0. The first kappa shape index (κ1) is 31.0. The van der Waals surface area contributed by atoms with E-state index in [2.05, 4.69) is 0 Å². The second-order valence-corrected chi connectivity index (χ2v) is 0. The van der Waals surface area contributed by atoms with E-state index in [1.807, 2.05) is 0 Å². The predicted octanol–water partition coefficient (Wildman–Crippen LogP) is -0.0100. The molecular weight excluding hydrogens is 487 g/mol. The zero-order chi connectivity index (χ0) is 0. The molecule has 0 saturated heterocycles. The molecule has 0 aliphatic rings. The molecule has 0 heterocycles. The maximum absolute atomic E-state index is 0. The van der Waals surface area contributed by atoms with Crippen LogP contribution in [-0.2, 0) is 79.5 Å². The number of rotatable bonds is 0. The zero-order valence-electron chi connectivity index (χ0n) is 1.47. The van der Waals surface area contributed by atoms with Gasteiger partial charge in [-0.1, -0.05) is 0 Å². The second-order valence-electron chi connectivity index (χ2n) is 0. The van der Waals surface area contributed by atoms with E-state index in [9.17, 15) is 0 Å². The van der Waals surface area contributed by atoms with Crippen LogP contribution in [0.5, 0.6) is 0 Å². The Labute approximate surface area is 78.4 Å². The third kappa shape index (κ3) is 8.82. The van der Waals surface area contributed by atoms with Crippen LogP contribution in [0.1, 0.15) is 0 Å². The van der Waals surface area contributed by atoms with Crippen molar-refractivity contribution in [1.29, 1.82) is 0 Å². The molecule has 0 atom stereocenters. The van der Waals surface area contributed by atoms with Crippen molar-refractivity contribution in [1.82, 2.24) is 0 Å². The fourth-order valence-corrected chi connectivity index (χ4v) is 0. The summed E-state index contributed by atoms with van der Waals surface area (Å²) in [6, 6.07) is 0. The SMILES string of the molecule is [Ru+2].[Ru+2].[Ru+2].[W+2]. The third-order valence-corrected chi connectivity index (χ3v) is 0. The van der Waals surface area contributed by atoms with Crippen LogP contribution in [0.4, 0.5) is 0 Å². The van der Waals surface area contributed by atoms with Crippen LogP contribution in [-0.4, -0.2) is 0 Å². The molecule has 0 aromatic carbocycles. The molecule has 0 rings (SSSR count). The van der Waals surface area contributed by atoms with Crippen LogP contribution in [0.2, 0.25) is 0 Å². The molecule has 0 radical (unpaired) electrons. The topological polar surface area (TPSA) is 0 Å². The van der Waals surface area contributed by atoms with Crippen LogP contribution in [0, 0.1) is 0 Å². The molecule has 0 nitrogen and oxygen atoms in total. The minimum absolute atomic E-state index is 0. The maximum Gasteiger partial charge on any atom is 2.00 e. The average Bonchev–Trinajstić information content (AvgIpc) is 0. The number of hydrogen-bond donors (Lipinski definition) is 0. The molecular formula is Ru3W+8. The Kier molecular flexibility index (Phi) is 137. The van der Waals surface area contributed by atoms with Crippen LogP contribution in [0.15, 0.2) is 0 Å². The van der Waals surface area contributed by atoms with Gasteiger partial charge in [-0.05, 0) is 0 Å². The fraction of sp³-hybridized carbons (Fsp3) is 0. The molecule has 0 aromatic heterocycles.